The number of nitrogens with zero attached hydrogens (tertiary/aromatic N) is 1. The standard InChI is InChI=1S/C30H40N4O.C2H6/c1-8-28(31-6)25(5)34(7)29(21-24(4)27-12-10-9-11-23(27)3)32-19-20-33-30(35)18-17-26-15-13-22(2)14-16-26;1-2/h8-13,15-18,21-22,31-32H,1,4,14,19-20H2,2-3,5-7H3,(H,33,35);1-2H3/b18-17+,28-25+,29-21-;. The highest BCUT2D eigenvalue weighted by molar-refractivity contribution is 5.88. The Kier molecular flexibility index (Phi) is 14.3. The molecule has 0 spiro atoms. The summed E-state index contributed by atoms with van der Waals surface area (Å²) in [4.78, 5) is 14.3. The van der Waals surface area contributed by atoms with Gasteiger partial charge in [-0.2, -0.15) is 0 Å². The number of hydrogen-bond acceptors (Lipinski definition) is 4. The predicted molar refractivity (Wildman–Crippen MR) is 161 cm³/mol. The molecular weight excluding hydrogens is 456 g/mol. The molecule has 200 valence electrons. The van der Waals surface area contributed by atoms with Crippen LogP contribution in [0.1, 0.15) is 45.2 Å². The minimum atomic E-state index is -0.108. The topological polar surface area (TPSA) is 56.4 Å². The summed E-state index contributed by atoms with van der Waals surface area (Å²) in [5.41, 5.74) is 6.18. The van der Waals surface area contributed by atoms with Crippen LogP contribution in [-0.4, -0.2) is 38.0 Å². The largest absolute Gasteiger partial charge is 0.387 e. The summed E-state index contributed by atoms with van der Waals surface area (Å²) in [5.74, 6) is 1.33. The molecule has 1 aromatic carbocycles. The molecular formula is C32H46N4O. The zero-order valence-electron chi connectivity index (χ0n) is 23.8. The minimum Gasteiger partial charge on any atom is -0.387 e. The first-order chi connectivity index (χ1) is 17.8. The van der Waals surface area contributed by atoms with Gasteiger partial charge < -0.3 is 20.9 Å². The first-order valence-electron chi connectivity index (χ1n) is 13.1. The first kappa shape index (κ1) is 31.3. The molecule has 5 nitrogen and oxygen atoms in total. The van der Waals surface area contributed by atoms with E-state index in [0.717, 1.165) is 40.3 Å². The lowest BCUT2D eigenvalue weighted by atomic mass is 9.98. The number of rotatable bonds is 12. The van der Waals surface area contributed by atoms with Crippen molar-refractivity contribution in [3.63, 3.8) is 0 Å². The van der Waals surface area contributed by atoms with E-state index in [1.165, 1.54) is 5.56 Å². The number of amides is 1. The quantitative estimate of drug-likeness (QED) is 0.180. The molecule has 5 heteroatoms. The van der Waals surface area contributed by atoms with E-state index >= 15 is 0 Å². The first-order valence-corrected chi connectivity index (χ1v) is 13.1. The maximum Gasteiger partial charge on any atom is 0.244 e. The van der Waals surface area contributed by atoms with Crippen LogP contribution in [0.25, 0.3) is 5.57 Å². The maximum absolute atomic E-state index is 12.3. The van der Waals surface area contributed by atoms with Crippen molar-refractivity contribution in [1.82, 2.24) is 20.9 Å². The van der Waals surface area contributed by atoms with Gasteiger partial charge in [-0.3, -0.25) is 4.79 Å². The Morgan fingerprint density at radius 3 is 2.46 bits per heavy atom. The fraction of sp³-hybridized carbons (Fsp3) is 0.344. The minimum absolute atomic E-state index is 0.108. The molecule has 1 unspecified atom stereocenters. The number of hydrogen-bond donors (Lipinski definition) is 3. The lowest BCUT2D eigenvalue weighted by Gasteiger charge is -2.27. The van der Waals surface area contributed by atoms with Gasteiger partial charge in [0.05, 0.1) is 5.70 Å². The van der Waals surface area contributed by atoms with Gasteiger partial charge in [0.1, 0.15) is 5.82 Å². The normalized spacial score (nSPS) is 15.6. The van der Waals surface area contributed by atoms with Gasteiger partial charge in [-0.1, -0.05) is 76.4 Å². The van der Waals surface area contributed by atoms with Crippen LogP contribution in [0, 0.1) is 12.8 Å². The summed E-state index contributed by atoms with van der Waals surface area (Å²) in [6.07, 6.45) is 14.7. The van der Waals surface area contributed by atoms with Crippen LogP contribution >= 0.6 is 0 Å². The van der Waals surface area contributed by atoms with Gasteiger partial charge in [0, 0.05) is 39.0 Å². The van der Waals surface area contributed by atoms with Crippen molar-refractivity contribution in [3.8, 4) is 0 Å². The van der Waals surface area contributed by atoms with Crippen molar-refractivity contribution in [3.05, 3.63) is 114 Å². The number of allylic oxidation sites excluding steroid dienone is 9. The second-order valence-corrected chi connectivity index (χ2v) is 8.71. The third-order valence-electron chi connectivity index (χ3n) is 6.03. The Hall–Kier alpha value is -3.73. The molecule has 0 fully saturated rings. The van der Waals surface area contributed by atoms with E-state index in [0.29, 0.717) is 19.0 Å². The van der Waals surface area contributed by atoms with E-state index in [1.807, 2.05) is 59.2 Å². The molecule has 1 aliphatic carbocycles. The molecule has 1 atom stereocenters. The van der Waals surface area contributed by atoms with Gasteiger partial charge in [-0.25, -0.2) is 0 Å². The van der Waals surface area contributed by atoms with Crippen LogP contribution in [0.4, 0.5) is 0 Å². The average molecular weight is 503 g/mol. The van der Waals surface area contributed by atoms with Gasteiger partial charge in [-0.05, 0) is 66.7 Å². The highest BCUT2D eigenvalue weighted by Crippen LogP contribution is 2.21. The molecule has 0 aliphatic heterocycles. The van der Waals surface area contributed by atoms with Crippen LogP contribution in [0.15, 0.2) is 103 Å². The van der Waals surface area contributed by atoms with Gasteiger partial charge in [0.25, 0.3) is 0 Å². The van der Waals surface area contributed by atoms with Crippen molar-refractivity contribution in [2.75, 3.05) is 27.2 Å². The zero-order valence-corrected chi connectivity index (χ0v) is 23.8. The molecule has 0 bridgehead atoms. The second-order valence-electron chi connectivity index (χ2n) is 8.71. The summed E-state index contributed by atoms with van der Waals surface area (Å²) >= 11 is 0. The van der Waals surface area contributed by atoms with E-state index < -0.39 is 0 Å². The smallest absolute Gasteiger partial charge is 0.244 e. The molecule has 0 radical (unpaired) electrons. The van der Waals surface area contributed by atoms with E-state index in [2.05, 4.69) is 78.2 Å². The van der Waals surface area contributed by atoms with Gasteiger partial charge >= 0.3 is 0 Å². The van der Waals surface area contributed by atoms with Gasteiger partial charge in [0.2, 0.25) is 5.91 Å². The van der Waals surface area contributed by atoms with Gasteiger partial charge in [-0.15, -0.1) is 0 Å². The Bertz CT molecular complexity index is 1070. The number of carbonyl (C=O) groups excluding carboxylic acids is 1. The lowest BCUT2D eigenvalue weighted by molar-refractivity contribution is -0.116. The summed E-state index contributed by atoms with van der Waals surface area (Å²) in [5, 5.41) is 9.58. The fourth-order valence-corrected chi connectivity index (χ4v) is 3.71. The monoisotopic (exact) mass is 502 g/mol. The molecule has 0 saturated carbocycles. The lowest BCUT2D eigenvalue weighted by Crippen LogP contribution is -2.35. The predicted octanol–water partition coefficient (Wildman–Crippen LogP) is 6.23. The van der Waals surface area contributed by atoms with Crippen LogP contribution in [-0.2, 0) is 4.79 Å². The van der Waals surface area contributed by atoms with Gasteiger partial charge in [0.15, 0.2) is 0 Å². The molecule has 2 rings (SSSR count). The Labute approximate surface area is 225 Å². The molecule has 1 amide bonds. The van der Waals surface area contributed by atoms with E-state index in [4.69, 9.17) is 0 Å². The van der Waals surface area contributed by atoms with Crippen molar-refractivity contribution in [1.29, 1.82) is 0 Å². The third kappa shape index (κ3) is 10.4. The molecule has 1 aromatic rings. The summed E-state index contributed by atoms with van der Waals surface area (Å²) in [6, 6.07) is 8.19. The van der Waals surface area contributed by atoms with Crippen molar-refractivity contribution in [2.24, 2.45) is 5.92 Å². The van der Waals surface area contributed by atoms with Crippen molar-refractivity contribution in [2.45, 2.75) is 41.0 Å². The SMILES string of the molecule is C=C/C(NC)=C(/C)N(C)/C(=C\C(=C)c1ccccc1C)NCCNC(=O)/C=C/C1=CCC(C)C=C1.CC. The molecule has 37 heavy (non-hydrogen) atoms. The summed E-state index contributed by atoms with van der Waals surface area (Å²) < 4.78 is 0. The molecule has 0 aromatic heterocycles. The number of benzene rings is 1. The Balaban J connectivity index is 0.00000334. The van der Waals surface area contributed by atoms with Crippen molar-refractivity contribution >= 4 is 11.5 Å². The Morgan fingerprint density at radius 2 is 1.86 bits per heavy atom. The van der Waals surface area contributed by atoms with E-state index in [-0.39, 0.29) is 5.91 Å². The summed E-state index contributed by atoms with van der Waals surface area (Å²) in [7, 11) is 3.87. The van der Waals surface area contributed by atoms with Crippen molar-refractivity contribution < 1.29 is 4.79 Å². The number of carbonyl (C=O) groups is 1. The highest BCUT2D eigenvalue weighted by Gasteiger charge is 2.11. The van der Waals surface area contributed by atoms with Crippen LogP contribution in [0.2, 0.25) is 0 Å². The molecule has 0 heterocycles. The fourth-order valence-electron chi connectivity index (χ4n) is 3.71. The molecule has 3 N–H and O–H groups in total. The zero-order chi connectivity index (χ0) is 27.8. The third-order valence-corrected chi connectivity index (χ3v) is 6.03. The van der Waals surface area contributed by atoms with Crippen LogP contribution in [0.5, 0.6) is 0 Å². The number of likely N-dealkylation sites (N-methyl/N-ethyl adjacent to an activating group) is 1. The summed E-state index contributed by atoms with van der Waals surface area (Å²) in [6.45, 7) is 19.5. The molecule has 0 saturated heterocycles. The Morgan fingerprint density at radius 1 is 1.19 bits per heavy atom. The maximum atomic E-state index is 12.3. The highest BCUT2D eigenvalue weighted by atomic mass is 16.1. The number of nitrogens with one attached hydrogen (secondary N) is 3. The van der Waals surface area contributed by atoms with E-state index in [9.17, 15) is 4.79 Å². The van der Waals surface area contributed by atoms with Crippen LogP contribution < -0.4 is 16.0 Å². The average Bonchev–Trinajstić information content (AvgIpc) is 2.91. The second kappa shape index (κ2) is 16.9. The number of aryl methyl sites for hydroxylation is 1. The molecule has 1 aliphatic rings. The van der Waals surface area contributed by atoms with E-state index in [1.54, 1.807) is 12.2 Å². The van der Waals surface area contributed by atoms with Crippen LogP contribution in [0.3, 0.4) is 0 Å².